The molecule has 4 nitrogen and oxygen atoms in total. The topological polar surface area (TPSA) is 63.8 Å². The third-order valence-corrected chi connectivity index (χ3v) is 3.91. The number of fused-ring (bicyclic) bond motifs is 1. The van der Waals surface area contributed by atoms with Gasteiger partial charge >= 0.3 is 0 Å². The van der Waals surface area contributed by atoms with Crippen LogP contribution in [0.1, 0.15) is 17.4 Å². The molecule has 2 aromatic heterocycles. The molecule has 3 aromatic rings. The average Bonchev–Trinajstić information content (AvgIpc) is 2.54. The fourth-order valence-electron chi connectivity index (χ4n) is 2.39. The van der Waals surface area contributed by atoms with Crippen LogP contribution in [0.25, 0.3) is 10.8 Å². The highest BCUT2D eigenvalue weighted by molar-refractivity contribution is 9.10. The van der Waals surface area contributed by atoms with Crippen LogP contribution >= 0.6 is 15.9 Å². The summed E-state index contributed by atoms with van der Waals surface area (Å²) in [4.78, 5) is 8.91. The van der Waals surface area contributed by atoms with Crippen LogP contribution in [-0.4, -0.2) is 9.97 Å². The van der Waals surface area contributed by atoms with Gasteiger partial charge in [0.15, 0.2) is 0 Å². The van der Waals surface area contributed by atoms with E-state index >= 15 is 0 Å². The summed E-state index contributed by atoms with van der Waals surface area (Å²) < 4.78 is 0.965. The van der Waals surface area contributed by atoms with Crippen molar-refractivity contribution in [2.45, 2.75) is 12.5 Å². The predicted octanol–water partition coefficient (Wildman–Crippen LogP) is 3.14. The molecule has 0 aliphatic heterocycles. The summed E-state index contributed by atoms with van der Waals surface area (Å²) in [5.74, 6) is 5.75. The molecule has 1 unspecified atom stereocenters. The van der Waals surface area contributed by atoms with Gasteiger partial charge < -0.3 is 0 Å². The monoisotopic (exact) mass is 342 g/mol. The van der Waals surface area contributed by atoms with Crippen LogP contribution in [-0.2, 0) is 6.42 Å². The Balaban J connectivity index is 1.96. The molecule has 1 aromatic carbocycles. The zero-order valence-corrected chi connectivity index (χ0v) is 12.9. The Morgan fingerprint density at radius 3 is 2.71 bits per heavy atom. The quantitative estimate of drug-likeness (QED) is 0.564. The van der Waals surface area contributed by atoms with Crippen molar-refractivity contribution in [3.8, 4) is 0 Å². The Morgan fingerprint density at radius 1 is 1.10 bits per heavy atom. The van der Waals surface area contributed by atoms with Crippen molar-refractivity contribution < 1.29 is 0 Å². The summed E-state index contributed by atoms with van der Waals surface area (Å²) in [5, 5.41) is 2.27. The van der Waals surface area contributed by atoms with Crippen LogP contribution in [0.3, 0.4) is 0 Å². The van der Waals surface area contributed by atoms with Gasteiger partial charge in [0.05, 0.1) is 11.7 Å². The summed E-state index contributed by atoms with van der Waals surface area (Å²) in [6.45, 7) is 0. The van der Waals surface area contributed by atoms with Gasteiger partial charge in [-0.15, -0.1) is 0 Å². The first-order valence-electron chi connectivity index (χ1n) is 6.68. The average molecular weight is 343 g/mol. The molecule has 0 saturated heterocycles. The Morgan fingerprint density at radius 2 is 1.95 bits per heavy atom. The minimum atomic E-state index is -0.0789. The number of hydrazine groups is 1. The van der Waals surface area contributed by atoms with Crippen molar-refractivity contribution in [3.63, 3.8) is 0 Å². The fourth-order valence-corrected chi connectivity index (χ4v) is 2.63. The summed E-state index contributed by atoms with van der Waals surface area (Å²) >= 11 is 3.39. The normalized spacial score (nSPS) is 12.5. The highest BCUT2D eigenvalue weighted by atomic mass is 79.9. The molecule has 0 aliphatic rings. The van der Waals surface area contributed by atoms with Gasteiger partial charge in [0.2, 0.25) is 0 Å². The number of pyridine rings is 2. The van der Waals surface area contributed by atoms with E-state index < -0.39 is 0 Å². The zero-order valence-electron chi connectivity index (χ0n) is 11.3. The van der Waals surface area contributed by atoms with Crippen molar-refractivity contribution >= 4 is 26.7 Å². The molecule has 0 spiro atoms. The summed E-state index contributed by atoms with van der Waals surface area (Å²) in [6, 6.07) is 14.1. The third kappa shape index (κ3) is 3.10. The zero-order chi connectivity index (χ0) is 14.7. The lowest BCUT2D eigenvalue weighted by atomic mass is 10.0. The molecule has 0 aliphatic carbocycles. The van der Waals surface area contributed by atoms with E-state index in [-0.39, 0.29) is 6.04 Å². The standard InChI is InChI=1S/C16H15BrN4/c17-12-5-6-13(20-10-12)9-15(21-18)16-14-4-2-1-3-11(14)7-8-19-16/h1-8,10,15,21H,9,18H2. The molecule has 106 valence electrons. The number of rotatable bonds is 4. The van der Waals surface area contributed by atoms with Gasteiger partial charge in [0.25, 0.3) is 0 Å². The molecule has 5 heteroatoms. The first-order valence-corrected chi connectivity index (χ1v) is 7.47. The number of nitrogens with two attached hydrogens (primary N) is 1. The molecule has 0 saturated carbocycles. The molecule has 3 N–H and O–H groups in total. The van der Waals surface area contributed by atoms with Crippen LogP contribution in [0, 0.1) is 0 Å². The molecule has 0 amide bonds. The summed E-state index contributed by atoms with van der Waals surface area (Å²) in [6.07, 6.45) is 4.29. The maximum absolute atomic E-state index is 5.75. The number of aromatic nitrogens is 2. The van der Waals surface area contributed by atoms with Crippen LogP contribution in [0.5, 0.6) is 0 Å². The van der Waals surface area contributed by atoms with Gasteiger partial charge in [-0.25, -0.2) is 0 Å². The maximum Gasteiger partial charge on any atom is 0.0693 e. The molecule has 0 radical (unpaired) electrons. The van der Waals surface area contributed by atoms with E-state index in [4.69, 9.17) is 5.84 Å². The number of nitrogens with one attached hydrogen (secondary N) is 1. The lowest BCUT2D eigenvalue weighted by Crippen LogP contribution is -2.30. The van der Waals surface area contributed by atoms with Crippen molar-refractivity contribution in [1.29, 1.82) is 0 Å². The fraction of sp³-hybridized carbons (Fsp3) is 0.125. The molecule has 0 bridgehead atoms. The second-order valence-corrected chi connectivity index (χ2v) is 5.72. The largest absolute Gasteiger partial charge is 0.271 e. The molecular weight excluding hydrogens is 328 g/mol. The van der Waals surface area contributed by atoms with Crippen molar-refractivity contribution in [2.75, 3.05) is 0 Å². The molecular formula is C16H15BrN4. The summed E-state index contributed by atoms with van der Waals surface area (Å²) in [7, 11) is 0. The van der Waals surface area contributed by atoms with Crippen LogP contribution < -0.4 is 11.3 Å². The molecule has 3 rings (SSSR count). The van der Waals surface area contributed by atoms with Crippen molar-refractivity contribution in [3.05, 3.63) is 70.7 Å². The number of halogens is 1. The molecule has 1 atom stereocenters. The van der Waals surface area contributed by atoms with Gasteiger partial charge in [-0.05, 0) is 39.5 Å². The van der Waals surface area contributed by atoms with Crippen molar-refractivity contribution in [2.24, 2.45) is 5.84 Å². The van der Waals surface area contributed by atoms with E-state index in [0.29, 0.717) is 6.42 Å². The number of benzene rings is 1. The Bertz CT molecular complexity index is 737. The highest BCUT2D eigenvalue weighted by Gasteiger charge is 2.15. The Hall–Kier alpha value is -1.82. The van der Waals surface area contributed by atoms with E-state index in [1.54, 1.807) is 6.20 Å². The molecule has 0 fully saturated rings. The van der Waals surface area contributed by atoms with Gasteiger partial charge in [0.1, 0.15) is 0 Å². The van der Waals surface area contributed by atoms with Crippen LogP contribution in [0.2, 0.25) is 0 Å². The van der Waals surface area contributed by atoms with Crippen LogP contribution in [0.15, 0.2) is 59.3 Å². The van der Waals surface area contributed by atoms with Gasteiger partial charge in [-0.1, -0.05) is 24.3 Å². The molecule has 2 heterocycles. The summed E-state index contributed by atoms with van der Waals surface area (Å²) in [5.41, 5.74) is 4.77. The van der Waals surface area contributed by atoms with E-state index in [1.807, 2.05) is 36.5 Å². The molecule has 21 heavy (non-hydrogen) atoms. The van der Waals surface area contributed by atoms with E-state index in [1.165, 1.54) is 0 Å². The lowest BCUT2D eigenvalue weighted by Gasteiger charge is -2.17. The number of nitrogens with zero attached hydrogens (tertiary/aromatic N) is 2. The van der Waals surface area contributed by atoms with E-state index in [9.17, 15) is 0 Å². The number of hydrogen-bond donors (Lipinski definition) is 2. The smallest absolute Gasteiger partial charge is 0.0693 e. The van der Waals surface area contributed by atoms with Gasteiger partial charge in [0, 0.05) is 34.4 Å². The van der Waals surface area contributed by atoms with Crippen LogP contribution in [0.4, 0.5) is 0 Å². The van der Waals surface area contributed by atoms with Crippen molar-refractivity contribution in [1.82, 2.24) is 15.4 Å². The van der Waals surface area contributed by atoms with Gasteiger partial charge in [-0.3, -0.25) is 21.2 Å². The first-order chi connectivity index (χ1) is 10.3. The van der Waals surface area contributed by atoms with E-state index in [2.05, 4.69) is 43.5 Å². The highest BCUT2D eigenvalue weighted by Crippen LogP contribution is 2.24. The minimum Gasteiger partial charge on any atom is -0.271 e. The predicted molar refractivity (Wildman–Crippen MR) is 87.4 cm³/mol. The SMILES string of the molecule is NNC(Cc1ccc(Br)cn1)c1nccc2ccccc12. The lowest BCUT2D eigenvalue weighted by molar-refractivity contribution is 0.537. The third-order valence-electron chi connectivity index (χ3n) is 3.44. The maximum atomic E-state index is 5.75. The first kappa shape index (κ1) is 14.1. The Kier molecular flexibility index (Phi) is 4.24. The Labute approximate surface area is 131 Å². The van der Waals surface area contributed by atoms with E-state index in [0.717, 1.165) is 26.6 Å². The minimum absolute atomic E-state index is 0.0789. The second kappa shape index (κ2) is 6.30. The van der Waals surface area contributed by atoms with Gasteiger partial charge in [-0.2, -0.15) is 0 Å². The second-order valence-electron chi connectivity index (χ2n) is 4.81. The number of hydrogen-bond acceptors (Lipinski definition) is 4.